The van der Waals surface area contributed by atoms with Gasteiger partial charge in [0.15, 0.2) is 0 Å². The minimum Gasteiger partial charge on any atom is -0.473 e. The fourth-order valence-corrected chi connectivity index (χ4v) is 2.43. The van der Waals surface area contributed by atoms with Crippen molar-refractivity contribution < 1.29 is 9.53 Å². The number of Topliss-reactive ketones (excluding diaryl/α,β-unsaturated/α-hetero) is 1. The molecule has 0 atom stereocenters. The average Bonchev–Trinajstić information content (AvgIpc) is 3.15. The van der Waals surface area contributed by atoms with E-state index < -0.39 is 0 Å². The summed E-state index contributed by atoms with van der Waals surface area (Å²) in [5.74, 6) is 0.163. The van der Waals surface area contributed by atoms with E-state index in [0.717, 1.165) is 16.7 Å². The molecule has 20 heavy (non-hydrogen) atoms. The van der Waals surface area contributed by atoms with Crippen molar-refractivity contribution in [2.45, 2.75) is 13.8 Å². The van der Waals surface area contributed by atoms with Crippen molar-refractivity contribution in [2.75, 3.05) is 13.2 Å². The minimum atomic E-state index is -0.0944. The lowest BCUT2D eigenvalue weighted by Gasteiger charge is -2.07. The van der Waals surface area contributed by atoms with E-state index in [1.165, 1.54) is 0 Å². The van der Waals surface area contributed by atoms with E-state index in [2.05, 4.69) is 4.99 Å². The summed E-state index contributed by atoms with van der Waals surface area (Å²) in [4.78, 5) is 16.1. The Morgan fingerprint density at radius 3 is 2.25 bits per heavy atom. The Morgan fingerprint density at radius 1 is 1.15 bits per heavy atom. The highest BCUT2D eigenvalue weighted by molar-refractivity contribution is 7.07. The summed E-state index contributed by atoms with van der Waals surface area (Å²) < 4.78 is 5.18. The number of nitrogens with zero attached hydrogens (tertiary/aromatic N) is 1. The van der Waals surface area contributed by atoms with Crippen LogP contribution in [0.25, 0.3) is 0 Å². The van der Waals surface area contributed by atoms with Crippen LogP contribution >= 0.6 is 11.3 Å². The van der Waals surface area contributed by atoms with Gasteiger partial charge >= 0.3 is 0 Å². The number of ketones is 1. The minimum absolute atomic E-state index is 0.0944. The summed E-state index contributed by atoms with van der Waals surface area (Å²) in [6, 6.07) is 9.83. The van der Waals surface area contributed by atoms with Crippen molar-refractivity contribution in [3.63, 3.8) is 0 Å². The summed E-state index contributed by atoms with van der Waals surface area (Å²) >= 11 is 1.71. The first-order valence-corrected chi connectivity index (χ1v) is 7.39. The maximum atomic E-state index is 12.0. The molecule has 1 aromatic heterocycles. The zero-order chi connectivity index (χ0) is 14.4. The summed E-state index contributed by atoms with van der Waals surface area (Å²) in [7, 11) is 0. The van der Waals surface area contributed by atoms with E-state index >= 15 is 0 Å². The second-order valence-electron chi connectivity index (χ2n) is 4.42. The van der Waals surface area contributed by atoms with Gasteiger partial charge in [-0.15, -0.1) is 0 Å². The number of rotatable bonds is 2. The number of aliphatic imine (C=N–C) groups is 1. The van der Waals surface area contributed by atoms with Crippen LogP contribution in [-0.2, 0) is 4.74 Å². The molecule has 0 saturated heterocycles. The molecule has 2 aromatic rings. The van der Waals surface area contributed by atoms with E-state index in [0.29, 0.717) is 13.2 Å². The van der Waals surface area contributed by atoms with Crippen LogP contribution < -0.4 is 0 Å². The highest BCUT2D eigenvalue weighted by atomic mass is 32.1. The van der Waals surface area contributed by atoms with Crippen molar-refractivity contribution in [1.29, 1.82) is 0 Å². The van der Waals surface area contributed by atoms with Gasteiger partial charge < -0.3 is 4.74 Å². The number of carbonyl (C=O) groups is 1. The van der Waals surface area contributed by atoms with Crippen LogP contribution in [0.2, 0.25) is 0 Å². The van der Waals surface area contributed by atoms with Gasteiger partial charge in [0.1, 0.15) is 6.61 Å². The molecule has 3 rings (SSSR count). The van der Waals surface area contributed by atoms with Gasteiger partial charge in [-0.25, -0.2) is 4.99 Å². The van der Waals surface area contributed by atoms with Gasteiger partial charge in [-0.2, -0.15) is 11.3 Å². The van der Waals surface area contributed by atoms with Crippen LogP contribution in [0.1, 0.15) is 21.5 Å². The molecule has 0 unspecified atom stereocenters. The van der Waals surface area contributed by atoms with Crippen molar-refractivity contribution in [3.05, 3.63) is 57.8 Å². The van der Waals surface area contributed by atoms with Gasteiger partial charge in [-0.1, -0.05) is 30.3 Å². The largest absolute Gasteiger partial charge is 0.473 e. The summed E-state index contributed by atoms with van der Waals surface area (Å²) in [5.41, 5.74) is 2.66. The highest BCUT2D eigenvalue weighted by Gasteiger charge is 2.21. The van der Waals surface area contributed by atoms with E-state index in [1.54, 1.807) is 11.3 Å². The molecule has 1 aliphatic heterocycles. The van der Waals surface area contributed by atoms with E-state index in [1.807, 2.05) is 54.9 Å². The quantitative estimate of drug-likeness (QED) is 0.791. The topological polar surface area (TPSA) is 38.7 Å². The zero-order valence-electron chi connectivity index (χ0n) is 11.6. The fraction of sp³-hybridized carbons (Fsp3) is 0.250. The van der Waals surface area contributed by atoms with Gasteiger partial charge in [0.25, 0.3) is 5.90 Å². The normalized spacial score (nSPS) is 13.0. The standard InChI is InChI=1S/C12H13NO2.C4H4S/c1-8-4-3-5-9(2)10(8)11(14)12-13-6-7-15-12;1-2-4-5-3-1/h3-5H,6-7H2,1-2H3;1-4H. The van der Waals surface area contributed by atoms with Gasteiger partial charge in [0.2, 0.25) is 5.78 Å². The summed E-state index contributed by atoms with van der Waals surface area (Å²) in [6.07, 6.45) is 0. The predicted molar refractivity (Wildman–Crippen MR) is 82.8 cm³/mol. The first-order chi connectivity index (χ1) is 9.70. The number of hydrogen-bond donors (Lipinski definition) is 0. The van der Waals surface area contributed by atoms with Crippen LogP contribution in [0.3, 0.4) is 0 Å². The van der Waals surface area contributed by atoms with Crippen LogP contribution in [0, 0.1) is 13.8 Å². The Labute approximate surface area is 122 Å². The number of hydrogen-bond acceptors (Lipinski definition) is 4. The summed E-state index contributed by atoms with van der Waals surface area (Å²) in [6.45, 7) is 4.96. The Hall–Kier alpha value is -1.94. The van der Waals surface area contributed by atoms with Crippen LogP contribution in [0.4, 0.5) is 0 Å². The van der Waals surface area contributed by atoms with E-state index in [4.69, 9.17) is 4.74 Å². The second kappa shape index (κ2) is 7.01. The first kappa shape index (κ1) is 14.5. The van der Waals surface area contributed by atoms with E-state index in [9.17, 15) is 4.79 Å². The Bertz CT molecular complexity index is 565. The van der Waals surface area contributed by atoms with Crippen LogP contribution in [0.5, 0.6) is 0 Å². The molecular weight excluding hydrogens is 270 g/mol. The lowest BCUT2D eigenvalue weighted by molar-refractivity contribution is 0.103. The molecule has 1 aliphatic rings. The third kappa shape index (κ3) is 3.54. The molecule has 1 aromatic carbocycles. The van der Waals surface area contributed by atoms with Gasteiger partial charge in [-0.3, -0.25) is 4.79 Å². The van der Waals surface area contributed by atoms with Crippen molar-refractivity contribution >= 4 is 23.0 Å². The Balaban J connectivity index is 0.000000247. The average molecular weight is 287 g/mol. The number of thiophene rings is 1. The first-order valence-electron chi connectivity index (χ1n) is 6.45. The van der Waals surface area contributed by atoms with Crippen molar-refractivity contribution in [3.8, 4) is 0 Å². The number of carbonyl (C=O) groups excluding carboxylic acids is 1. The zero-order valence-corrected chi connectivity index (χ0v) is 12.4. The molecule has 4 heteroatoms. The van der Waals surface area contributed by atoms with Crippen LogP contribution in [-0.4, -0.2) is 24.8 Å². The molecule has 0 saturated carbocycles. The molecule has 104 valence electrons. The predicted octanol–water partition coefficient (Wildman–Crippen LogP) is 3.66. The van der Waals surface area contributed by atoms with Crippen LogP contribution in [0.15, 0.2) is 46.1 Å². The molecule has 0 radical (unpaired) electrons. The van der Waals surface area contributed by atoms with Crippen molar-refractivity contribution in [2.24, 2.45) is 4.99 Å². The molecule has 0 fully saturated rings. The lowest BCUT2D eigenvalue weighted by atomic mass is 9.99. The highest BCUT2D eigenvalue weighted by Crippen LogP contribution is 2.15. The second-order valence-corrected chi connectivity index (χ2v) is 5.24. The fourth-order valence-electron chi connectivity index (χ4n) is 1.98. The molecule has 0 bridgehead atoms. The Morgan fingerprint density at radius 2 is 1.80 bits per heavy atom. The monoisotopic (exact) mass is 287 g/mol. The summed E-state index contributed by atoms with van der Waals surface area (Å²) in [5, 5.41) is 4.08. The number of ether oxygens (including phenoxy) is 1. The smallest absolute Gasteiger partial charge is 0.258 e. The van der Waals surface area contributed by atoms with Crippen molar-refractivity contribution in [1.82, 2.24) is 0 Å². The third-order valence-electron chi connectivity index (χ3n) is 2.91. The van der Waals surface area contributed by atoms with E-state index in [-0.39, 0.29) is 11.7 Å². The third-order valence-corrected chi connectivity index (χ3v) is 3.54. The number of aryl methyl sites for hydroxylation is 2. The van der Waals surface area contributed by atoms with Gasteiger partial charge in [-0.05, 0) is 35.7 Å². The maximum absolute atomic E-state index is 12.0. The molecule has 3 nitrogen and oxygen atoms in total. The Kier molecular flexibility index (Phi) is 5.07. The molecule has 0 spiro atoms. The molecule has 0 amide bonds. The van der Waals surface area contributed by atoms with Gasteiger partial charge in [0, 0.05) is 5.56 Å². The molecular formula is C16H17NO2S. The molecule has 0 N–H and O–H groups in total. The maximum Gasteiger partial charge on any atom is 0.258 e. The lowest BCUT2D eigenvalue weighted by Crippen LogP contribution is -2.17. The molecule has 2 heterocycles. The molecule has 0 aliphatic carbocycles. The van der Waals surface area contributed by atoms with Gasteiger partial charge in [0.05, 0.1) is 6.54 Å². The number of benzene rings is 1. The SMILES string of the molecule is Cc1cccc(C)c1C(=O)C1=NCCO1.c1ccsc1.